The number of benzene rings is 2. The van der Waals surface area contributed by atoms with E-state index >= 15 is 0 Å². The van der Waals surface area contributed by atoms with Gasteiger partial charge in [0.2, 0.25) is 0 Å². The van der Waals surface area contributed by atoms with Crippen LogP contribution in [0.15, 0.2) is 60.7 Å². The first-order valence-corrected chi connectivity index (χ1v) is 6.46. The summed E-state index contributed by atoms with van der Waals surface area (Å²) in [5.41, 5.74) is 2.36. The molecule has 19 heavy (non-hydrogen) atoms. The zero-order valence-corrected chi connectivity index (χ0v) is 11.2. The van der Waals surface area contributed by atoms with Gasteiger partial charge < -0.3 is 10.1 Å². The van der Waals surface area contributed by atoms with Crippen LogP contribution in [-0.2, 0) is 6.61 Å². The highest BCUT2D eigenvalue weighted by Gasteiger charge is 1.95. The van der Waals surface area contributed by atoms with Gasteiger partial charge >= 0.3 is 0 Å². The number of likely N-dealkylation sites (N-methyl/N-ethyl adjacent to an activating group) is 1. The third-order valence-electron chi connectivity index (χ3n) is 2.76. The molecule has 98 valence electrons. The number of hydrogen-bond donors (Lipinski definition) is 1. The molecule has 0 saturated carbocycles. The van der Waals surface area contributed by atoms with Crippen LogP contribution in [0.25, 0.3) is 6.08 Å². The van der Waals surface area contributed by atoms with Crippen molar-refractivity contribution in [3.8, 4) is 5.75 Å². The van der Waals surface area contributed by atoms with Crippen LogP contribution in [0.2, 0.25) is 0 Å². The average molecular weight is 253 g/mol. The van der Waals surface area contributed by atoms with E-state index in [2.05, 4.69) is 41.7 Å². The lowest BCUT2D eigenvalue weighted by atomic mass is 10.2. The van der Waals surface area contributed by atoms with Crippen LogP contribution in [0.3, 0.4) is 0 Å². The highest BCUT2D eigenvalue weighted by Crippen LogP contribution is 2.14. The van der Waals surface area contributed by atoms with E-state index in [4.69, 9.17) is 4.74 Å². The number of hydrogen-bond acceptors (Lipinski definition) is 2. The molecule has 2 nitrogen and oxygen atoms in total. The van der Waals surface area contributed by atoms with Crippen LogP contribution in [0.5, 0.6) is 5.75 Å². The van der Waals surface area contributed by atoms with Crippen LogP contribution in [0.1, 0.15) is 11.1 Å². The molecule has 2 heteroatoms. The molecule has 0 unspecified atom stereocenters. The third-order valence-corrected chi connectivity index (χ3v) is 2.76. The van der Waals surface area contributed by atoms with Crippen molar-refractivity contribution in [3.05, 3.63) is 71.8 Å². The predicted octanol–water partition coefficient (Wildman–Crippen LogP) is 3.50. The first kappa shape index (κ1) is 13.4. The quantitative estimate of drug-likeness (QED) is 0.850. The Morgan fingerprint density at radius 3 is 2.42 bits per heavy atom. The smallest absolute Gasteiger partial charge is 0.119 e. The molecule has 0 radical (unpaired) electrons. The minimum Gasteiger partial charge on any atom is -0.489 e. The normalized spacial score (nSPS) is 10.8. The van der Waals surface area contributed by atoms with Gasteiger partial charge in [-0.2, -0.15) is 0 Å². The van der Waals surface area contributed by atoms with Gasteiger partial charge in [-0.3, -0.25) is 0 Å². The Morgan fingerprint density at radius 1 is 1.00 bits per heavy atom. The van der Waals surface area contributed by atoms with E-state index in [0.717, 1.165) is 12.3 Å². The molecule has 1 N–H and O–H groups in total. The standard InChI is InChI=1S/C17H19NO/c1-18-13-5-8-15-9-11-17(12-10-15)19-14-16-6-3-2-4-7-16/h2-12,18H,13-14H2,1H3. The van der Waals surface area contributed by atoms with Gasteiger partial charge in [0.1, 0.15) is 12.4 Å². The summed E-state index contributed by atoms with van der Waals surface area (Å²) in [4.78, 5) is 0. The molecule has 0 fully saturated rings. The Morgan fingerprint density at radius 2 is 1.74 bits per heavy atom. The molecule has 0 heterocycles. The number of ether oxygens (including phenoxy) is 1. The average Bonchev–Trinajstić information content (AvgIpc) is 2.48. The van der Waals surface area contributed by atoms with Gasteiger partial charge in [0.15, 0.2) is 0 Å². The molecule has 0 amide bonds. The van der Waals surface area contributed by atoms with E-state index in [1.54, 1.807) is 0 Å². The molecule has 2 aromatic carbocycles. The summed E-state index contributed by atoms with van der Waals surface area (Å²) in [6.45, 7) is 1.49. The summed E-state index contributed by atoms with van der Waals surface area (Å²) in [7, 11) is 1.94. The molecule has 0 aromatic heterocycles. The van der Waals surface area contributed by atoms with Gasteiger partial charge in [-0.25, -0.2) is 0 Å². The van der Waals surface area contributed by atoms with Crippen molar-refractivity contribution in [2.75, 3.05) is 13.6 Å². The van der Waals surface area contributed by atoms with Crippen LogP contribution < -0.4 is 10.1 Å². The maximum atomic E-state index is 5.74. The summed E-state index contributed by atoms with van der Waals surface area (Å²) in [6.07, 6.45) is 4.19. The summed E-state index contributed by atoms with van der Waals surface area (Å²) in [5.74, 6) is 0.898. The number of rotatable bonds is 6. The third kappa shape index (κ3) is 4.60. The minimum absolute atomic E-state index is 0.607. The summed E-state index contributed by atoms with van der Waals surface area (Å²) in [5, 5.41) is 3.08. The molecular weight excluding hydrogens is 234 g/mol. The van der Waals surface area contributed by atoms with Gasteiger partial charge in [-0.05, 0) is 30.3 Å². The molecule has 2 rings (SSSR count). The SMILES string of the molecule is CNCC=Cc1ccc(OCc2ccccc2)cc1. The van der Waals surface area contributed by atoms with Crippen molar-refractivity contribution in [1.82, 2.24) is 5.32 Å². The van der Waals surface area contributed by atoms with Crippen molar-refractivity contribution in [3.63, 3.8) is 0 Å². The fraction of sp³-hybridized carbons (Fsp3) is 0.176. The highest BCUT2D eigenvalue weighted by molar-refractivity contribution is 5.50. The molecular formula is C17H19NO. The van der Waals surface area contributed by atoms with Crippen molar-refractivity contribution in [2.45, 2.75) is 6.61 Å². The van der Waals surface area contributed by atoms with Crippen LogP contribution in [0.4, 0.5) is 0 Å². The Labute approximate surface area is 114 Å². The maximum Gasteiger partial charge on any atom is 0.119 e. The lowest BCUT2D eigenvalue weighted by Crippen LogP contribution is -2.03. The second kappa shape index (κ2) is 7.39. The van der Waals surface area contributed by atoms with Crippen LogP contribution in [-0.4, -0.2) is 13.6 Å². The fourth-order valence-corrected chi connectivity index (χ4v) is 1.73. The maximum absolute atomic E-state index is 5.74. The first-order chi connectivity index (χ1) is 9.38. The second-order valence-corrected chi connectivity index (χ2v) is 4.30. The molecule has 0 aliphatic rings. The fourth-order valence-electron chi connectivity index (χ4n) is 1.73. The van der Waals surface area contributed by atoms with Crippen LogP contribution in [0, 0.1) is 0 Å². The van der Waals surface area contributed by atoms with E-state index in [1.165, 1.54) is 11.1 Å². The van der Waals surface area contributed by atoms with Gasteiger partial charge in [0, 0.05) is 6.54 Å². The molecule has 0 atom stereocenters. The Kier molecular flexibility index (Phi) is 5.20. The van der Waals surface area contributed by atoms with Crippen molar-refractivity contribution < 1.29 is 4.74 Å². The van der Waals surface area contributed by atoms with E-state index in [0.29, 0.717) is 6.61 Å². The van der Waals surface area contributed by atoms with Gasteiger partial charge in [-0.1, -0.05) is 54.6 Å². The highest BCUT2D eigenvalue weighted by atomic mass is 16.5. The Balaban J connectivity index is 1.88. The molecule has 0 saturated heterocycles. The monoisotopic (exact) mass is 253 g/mol. The van der Waals surface area contributed by atoms with E-state index < -0.39 is 0 Å². The predicted molar refractivity (Wildman–Crippen MR) is 80.2 cm³/mol. The second-order valence-electron chi connectivity index (χ2n) is 4.30. The van der Waals surface area contributed by atoms with Crippen LogP contribution >= 0.6 is 0 Å². The molecule has 0 aliphatic carbocycles. The number of nitrogens with one attached hydrogen (secondary N) is 1. The Hall–Kier alpha value is -2.06. The summed E-state index contributed by atoms with van der Waals surface area (Å²) in [6, 6.07) is 18.3. The topological polar surface area (TPSA) is 21.3 Å². The van der Waals surface area contributed by atoms with E-state index in [-0.39, 0.29) is 0 Å². The first-order valence-electron chi connectivity index (χ1n) is 6.46. The van der Waals surface area contributed by atoms with Gasteiger partial charge in [0.25, 0.3) is 0 Å². The zero-order chi connectivity index (χ0) is 13.3. The summed E-state index contributed by atoms with van der Waals surface area (Å²) < 4.78 is 5.74. The van der Waals surface area contributed by atoms with Crippen molar-refractivity contribution >= 4 is 6.08 Å². The summed E-state index contributed by atoms with van der Waals surface area (Å²) >= 11 is 0. The molecule has 0 spiro atoms. The zero-order valence-electron chi connectivity index (χ0n) is 11.2. The van der Waals surface area contributed by atoms with Crippen molar-refractivity contribution in [1.29, 1.82) is 0 Å². The van der Waals surface area contributed by atoms with E-state index in [1.807, 2.05) is 37.4 Å². The molecule has 2 aromatic rings. The minimum atomic E-state index is 0.607. The van der Waals surface area contributed by atoms with Gasteiger partial charge in [-0.15, -0.1) is 0 Å². The van der Waals surface area contributed by atoms with Gasteiger partial charge in [0.05, 0.1) is 0 Å². The Bertz CT molecular complexity index is 503. The molecule has 0 aliphatic heterocycles. The van der Waals surface area contributed by atoms with E-state index in [9.17, 15) is 0 Å². The molecule has 0 bridgehead atoms. The lowest BCUT2D eigenvalue weighted by molar-refractivity contribution is 0.306. The van der Waals surface area contributed by atoms with Crippen molar-refractivity contribution in [2.24, 2.45) is 0 Å². The lowest BCUT2D eigenvalue weighted by Gasteiger charge is -2.06. The largest absolute Gasteiger partial charge is 0.489 e.